The third-order valence-electron chi connectivity index (χ3n) is 2.73. The lowest BCUT2D eigenvalue weighted by atomic mass is 10.1. The van der Waals surface area contributed by atoms with Gasteiger partial charge in [-0.25, -0.2) is 4.39 Å². The van der Waals surface area contributed by atoms with Crippen LogP contribution in [0.25, 0.3) is 0 Å². The van der Waals surface area contributed by atoms with E-state index in [2.05, 4.69) is 15.9 Å². The molecule has 2 nitrogen and oxygen atoms in total. The van der Waals surface area contributed by atoms with Gasteiger partial charge in [0.25, 0.3) is 0 Å². The summed E-state index contributed by atoms with van der Waals surface area (Å²) in [6.45, 7) is 0.239. The standard InChI is InChI=1S/C14H13BrFNOS/c15-12-2-1-3-14(7-12)19(18)9-10-4-5-13(16)6-11(10)8-17/h1-7H,8-9,17H2. The first-order chi connectivity index (χ1) is 9.10. The van der Waals surface area contributed by atoms with Crippen LogP contribution in [-0.4, -0.2) is 4.21 Å². The Kier molecular flexibility index (Phi) is 4.85. The molecule has 0 aliphatic carbocycles. The molecular weight excluding hydrogens is 329 g/mol. The summed E-state index contributed by atoms with van der Waals surface area (Å²) in [6, 6.07) is 11.8. The molecule has 0 heterocycles. The summed E-state index contributed by atoms with van der Waals surface area (Å²) in [5, 5.41) is 0. The van der Waals surface area contributed by atoms with Gasteiger partial charge in [0.2, 0.25) is 0 Å². The van der Waals surface area contributed by atoms with E-state index in [-0.39, 0.29) is 12.4 Å². The SMILES string of the molecule is NCc1cc(F)ccc1CS(=O)c1cccc(Br)c1. The molecule has 0 aliphatic heterocycles. The van der Waals surface area contributed by atoms with Crippen LogP contribution in [0.15, 0.2) is 51.8 Å². The largest absolute Gasteiger partial charge is 0.326 e. The van der Waals surface area contributed by atoms with Crippen molar-refractivity contribution in [3.63, 3.8) is 0 Å². The monoisotopic (exact) mass is 341 g/mol. The third-order valence-corrected chi connectivity index (χ3v) is 4.58. The van der Waals surface area contributed by atoms with E-state index in [1.54, 1.807) is 6.07 Å². The Hall–Kier alpha value is -1.04. The summed E-state index contributed by atoms with van der Waals surface area (Å²) >= 11 is 3.35. The molecule has 0 saturated carbocycles. The summed E-state index contributed by atoms with van der Waals surface area (Å²) in [7, 11) is -1.17. The highest BCUT2D eigenvalue weighted by molar-refractivity contribution is 9.10. The van der Waals surface area contributed by atoms with Crippen LogP contribution >= 0.6 is 15.9 Å². The second kappa shape index (κ2) is 6.41. The maximum Gasteiger partial charge on any atom is 0.123 e. The van der Waals surface area contributed by atoms with Crippen LogP contribution in [0.2, 0.25) is 0 Å². The van der Waals surface area contributed by atoms with E-state index in [1.165, 1.54) is 12.1 Å². The summed E-state index contributed by atoms with van der Waals surface area (Å²) in [6.07, 6.45) is 0. The molecule has 0 aromatic heterocycles. The van der Waals surface area contributed by atoms with Crippen molar-refractivity contribution in [2.24, 2.45) is 5.73 Å². The first-order valence-corrected chi connectivity index (χ1v) is 7.82. The molecule has 0 radical (unpaired) electrons. The summed E-state index contributed by atoms with van der Waals surface area (Å²) in [5.74, 6) is 0.0148. The van der Waals surface area contributed by atoms with Crippen molar-refractivity contribution in [2.45, 2.75) is 17.2 Å². The minimum atomic E-state index is -1.17. The van der Waals surface area contributed by atoms with Crippen molar-refractivity contribution in [1.82, 2.24) is 0 Å². The Morgan fingerprint density at radius 1 is 1.16 bits per heavy atom. The first kappa shape index (κ1) is 14.4. The number of hydrogen-bond acceptors (Lipinski definition) is 2. The minimum Gasteiger partial charge on any atom is -0.326 e. The molecule has 0 amide bonds. The van der Waals surface area contributed by atoms with E-state index >= 15 is 0 Å². The van der Waals surface area contributed by atoms with Gasteiger partial charge >= 0.3 is 0 Å². The highest BCUT2D eigenvalue weighted by Crippen LogP contribution is 2.19. The second-order valence-corrected chi connectivity index (χ2v) is 6.43. The molecule has 2 aromatic rings. The average Bonchev–Trinajstić information content (AvgIpc) is 2.40. The maximum atomic E-state index is 13.1. The van der Waals surface area contributed by atoms with Crippen molar-refractivity contribution in [3.05, 3.63) is 63.9 Å². The molecular formula is C14H13BrFNOS. The van der Waals surface area contributed by atoms with Gasteiger partial charge in [0.15, 0.2) is 0 Å². The Morgan fingerprint density at radius 3 is 2.63 bits per heavy atom. The van der Waals surface area contributed by atoms with Gasteiger partial charge in [-0.1, -0.05) is 28.1 Å². The van der Waals surface area contributed by atoms with E-state index in [1.807, 2.05) is 24.3 Å². The van der Waals surface area contributed by atoms with E-state index < -0.39 is 10.8 Å². The number of hydrogen-bond donors (Lipinski definition) is 1. The number of rotatable bonds is 4. The van der Waals surface area contributed by atoms with Crippen molar-refractivity contribution < 1.29 is 8.60 Å². The first-order valence-electron chi connectivity index (χ1n) is 5.71. The minimum absolute atomic E-state index is 0.239. The summed E-state index contributed by atoms with van der Waals surface area (Å²) in [5.41, 5.74) is 7.10. The normalized spacial score (nSPS) is 12.4. The maximum absolute atomic E-state index is 13.1. The van der Waals surface area contributed by atoms with E-state index in [4.69, 9.17) is 5.73 Å². The molecule has 0 aliphatic rings. The Labute approximate surface area is 122 Å². The van der Waals surface area contributed by atoms with Crippen LogP contribution in [0.1, 0.15) is 11.1 Å². The fourth-order valence-corrected chi connectivity index (χ4v) is 3.53. The van der Waals surface area contributed by atoms with E-state index in [0.29, 0.717) is 11.3 Å². The van der Waals surface area contributed by atoms with E-state index in [0.717, 1.165) is 14.9 Å². The van der Waals surface area contributed by atoms with Crippen LogP contribution in [0.4, 0.5) is 4.39 Å². The smallest absolute Gasteiger partial charge is 0.123 e. The van der Waals surface area contributed by atoms with Gasteiger partial charge in [0, 0.05) is 15.9 Å². The van der Waals surface area contributed by atoms with Crippen LogP contribution in [-0.2, 0) is 23.1 Å². The van der Waals surface area contributed by atoms with Gasteiger partial charge in [-0.05, 0) is 41.5 Å². The van der Waals surface area contributed by atoms with Crippen molar-refractivity contribution in [2.75, 3.05) is 0 Å². The van der Waals surface area contributed by atoms with Gasteiger partial charge in [0.05, 0.1) is 16.6 Å². The molecule has 19 heavy (non-hydrogen) atoms. The van der Waals surface area contributed by atoms with Crippen LogP contribution in [0.5, 0.6) is 0 Å². The molecule has 1 unspecified atom stereocenters. The van der Waals surface area contributed by atoms with Crippen molar-refractivity contribution in [3.8, 4) is 0 Å². The Morgan fingerprint density at radius 2 is 1.95 bits per heavy atom. The molecule has 2 aromatic carbocycles. The second-order valence-electron chi connectivity index (χ2n) is 4.06. The Bertz CT molecular complexity index is 618. The molecule has 1 atom stereocenters. The Balaban J connectivity index is 2.24. The molecule has 2 rings (SSSR count). The third kappa shape index (κ3) is 3.72. The lowest BCUT2D eigenvalue weighted by molar-refractivity contribution is 0.624. The fourth-order valence-electron chi connectivity index (χ4n) is 1.76. The molecule has 5 heteroatoms. The lowest BCUT2D eigenvalue weighted by Crippen LogP contribution is -2.05. The molecule has 0 bridgehead atoms. The fraction of sp³-hybridized carbons (Fsp3) is 0.143. The van der Waals surface area contributed by atoms with Gasteiger partial charge in [-0.3, -0.25) is 4.21 Å². The lowest BCUT2D eigenvalue weighted by Gasteiger charge is -2.08. The molecule has 100 valence electrons. The van der Waals surface area contributed by atoms with Crippen LogP contribution < -0.4 is 5.73 Å². The van der Waals surface area contributed by atoms with Gasteiger partial charge in [0.1, 0.15) is 5.82 Å². The van der Waals surface area contributed by atoms with Crippen LogP contribution in [0.3, 0.4) is 0 Å². The predicted molar refractivity (Wildman–Crippen MR) is 78.5 cm³/mol. The van der Waals surface area contributed by atoms with Crippen molar-refractivity contribution >= 4 is 26.7 Å². The topological polar surface area (TPSA) is 43.1 Å². The molecule has 0 spiro atoms. The average molecular weight is 342 g/mol. The van der Waals surface area contributed by atoms with Gasteiger partial charge in [-0.15, -0.1) is 0 Å². The van der Waals surface area contributed by atoms with E-state index in [9.17, 15) is 8.60 Å². The highest BCUT2D eigenvalue weighted by atomic mass is 79.9. The zero-order valence-electron chi connectivity index (χ0n) is 10.1. The summed E-state index contributed by atoms with van der Waals surface area (Å²) < 4.78 is 26.3. The van der Waals surface area contributed by atoms with Crippen LogP contribution in [0, 0.1) is 5.82 Å². The quantitative estimate of drug-likeness (QED) is 0.926. The van der Waals surface area contributed by atoms with Crippen molar-refractivity contribution in [1.29, 1.82) is 0 Å². The zero-order valence-corrected chi connectivity index (χ0v) is 12.5. The molecule has 0 saturated heterocycles. The van der Waals surface area contributed by atoms with Gasteiger partial charge in [-0.2, -0.15) is 0 Å². The number of nitrogens with two attached hydrogens (primary N) is 1. The predicted octanol–water partition coefficient (Wildman–Crippen LogP) is 3.35. The molecule has 0 fully saturated rings. The number of benzene rings is 2. The molecule has 2 N–H and O–H groups in total. The zero-order chi connectivity index (χ0) is 13.8. The number of halogens is 2. The summed E-state index contributed by atoms with van der Waals surface area (Å²) in [4.78, 5) is 0.738. The van der Waals surface area contributed by atoms with Gasteiger partial charge < -0.3 is 5.73 Å². The highest BCUT2D eigenvalue weighted by Gasteiger charge is 2.09.